The first-order valence-electron chi connectivity index (χ1n) is 5.97. The molecule has 1 aromatic heterocycles. The molecule has 88 valence electrons. The number of hydrogen-bond acceptors (Lipinski definition) is 2. The zero-order valence-corrected chi connectivity index (χ0v) is 11.2. The number of halogens is 1. The van der Waals surface area contributed by atoms with Crippen LogP contribution >= 0.6 is 15.9 Å². The summed E-state index contributed by atoms with van der Waals surface area (Å²) in [4.78, 5) is 12.2. The second-order valence-electron chi connectivity index (χ2n) is 4.43. The lowest BCUT2D eigenvalue weighted by Crippen LogP contribution is -2.13. The molecule has 1 heterocycles. The van der Waals surface area contributed by atoms with Gasteiger partial charge in [-0.3, -0.25) is 9.48 Å². The van der Waals surface area contributed by atoms with Gasteiger partial charge in [0, 0.05) is 13.0 Å². The van der Waals surface area contributed by atoms with Crippen molar-refractivity contribution in [3.63, 3.8) is 0 Å². The van der Waals surface area contributed by atoms with Crippen molar-refractivity contribution in [1.29, 1.82) is 0 Å². The van der Waals surface area contributed by atoms with Crippen LogP contribution in [0, 0.1) is 5.92 Å². The zero-order chi connectivity index (χ0) is 11.5. The molecular formula is C12H17BrN2O. The lowest BCUT2D eigenvalue weighted by Gasteiger charge is -2.09. The SMILES string of the molecule is CCn1ncc(Br)c1C(=O)CC1CCCC1. The molecule has 16 heavy (non-hydrogen) atoms. The monoisotopic (exact) mass is 284 g/mol. The van der Waals surface area contributed by atoms with Gasteiger partial charge in [0.05, 0.1) is 10.7 Å². The molecule has 0 unspecified atom stereocenters. The molecule has 1 aliphatic carbocycles. The second-order valence-corrected chi connectivity index (χ2v) is 5.29. The minimum Gasteiger partial charge on any atom is -0.292 e. The lowest BCUT2D eigenvalue weighted by atomic mass is 9.99. The normalized spacial score (nSPS) is 16.9. The molecule has 3 nitrogen and oxygen atoms in total. The summed E-state index contributed by atoms with van der Waals surface area (Å²) < 4.78 is 2.61. The highest BCUT2D eigenvalue weighted by Gasteiger charge is 2.22. The predicted molar refractivity (Wildman–Crippen MR) is 66.5 cm³/mol. The first kappa shape index (κ1) is 11.8. The van der Waals surface area contributed by atoms with E-state index in [0.717, 1.165) is 16.7 Å². The highest BCUT2D eigenvalue weighted by Crippen LogP contribution is 2.29. The maximum atomic E-state index is 12.2. The third-order valence-electron chi connectivity index (χ3n) is 3.31. The van der Waals surface area contributed by atoms with Crippen LogP contribution in [0.1, 0.15) is 49.5 Å². The quantitative estimate of drug-likeness (QED) is 0.794. The molecule has 0 N–H and O–H groups in total. The van der Waals surface area contributed by atoms with Crippen LogP contribution in [0.2, 0.25) is 0 Å². The number of ketones is 1. The van der Waals surface area contributed by atoms with Gasteiger partial charge in [0.2, 0.25) is 0 Å². The van der Waals surface area contributed by atoms with E-state index in [-0.39, 0.29) is 5.78 Å². The molecule has 1 fully saturated rings. The number of aromatic nitrogens is 2. The molecule has 0 bridgehead atoms. The number of carbonyl (C=O) groups is 1. The highest BCUT2D eigenvalue weighted by molar-refractivity contribution is 9.10. The smallest absolute Gasteiger partial charge is 0.182 e. The number of carbonyl (C=O) groups excluding carboxylic acids is 1. The van der Waals surface area contributed by atoms with Crippen LogP contribution in [-0.4, -0.2) is 15.6 Å². The van der Waals surface area contributed by atoms with Crippen molar-refractivity contribution in [3.8, 4) is 0 Å². The van der Waals surface area contributed by atoms with E-state index in [2.05, 4.69) is 21.0 Å². The first-order chi connectivity index (χ1) is 7.72. The summed E-state index contributed by atoms with van der Waals surface area (Å²) in [5.74, 6) is 0.831. The van der Waals surface area contributed by atoms with Crippen molar-refractivity contribution in [2.45, 2.75) is 45.6 Å². The summed E-state index contributed by atoms with van der Waals surface area (Å²) in [5.41, 5.74) is 0.745. The van der Waals surface area contributed by atoms with Crippen molar-refractivity contribution in [3.05, 3.63) is 16.4 Å². The third kappa shape index (κ3) is 2.37. The molecule has 0 spiro atoms. The maximum absolute atomic E-state index is 12.2. The molecule has 0 amide bonds. The van der Waals surface area contributed by atoms with Crippen LogP contribution in [-0.2, 0) is 6.54 Å². The van der Waals surface area contributed by atoms with Crippen LogP contribution in [0.4, 0.5) is 0 Å². The van der Waals surface area contributed by atoms with E-state index in [1.54, 1.807) is 10.9 Å². The molecule has 1 aromatic rings. The van der Waals surface area contributed by atoms with Crippen LogP contribution in [0.25, 0.3) is 0 Å². The Morgan fingerprint density at radius 3 is 2.88 bits per heavy atom. The number of Topliss-reactive ketones (excluding diaryl/α,β-unsaturated/α-hetero) is 1. The fourth-order valence-electron chi connectivity index (χ4n) is 2.45. The maximum Gasteiger partial charge on any atom is 0.182 e. The Morgan fingerprint density at radius 2 is 2.25 bits per heavy atom. The standard InChI is InChI=1S/C12H17BrN2O/c1-2-15-12(10(13)8-14-15)11(16)7-9-5-3-4-6-9/h8-9H,2-7H2,1H3. The Bertz CT molecular complexity index is 380. The first-order valence-corrected chi connectivity index (χ1v) is 6.76. The van der Waals surface area contributed by atoms with Gasteiger partial charge in [0.25, 0.3) is 0 Å². The Morgan fingerprint density at radius 1 is 1.56 bits per heavy atom. The molecule has 0 radical (unpaired) electrons. The highest BCUT2D eigenvalue weighted by atomic mass is 79.9. The van der Waals surface area contributed by atoms with Gasteiger partial charge in [-0.1, -0.05) is 25.7 Å². The number of nitrogens with zero attached hydrogens (tertiary/aromatic N) is 2. The third-order valence-corrected chi connectivity index (χ3v) is 3.89. The van der Waals surface area contributed by atoms with Crippen molar-refractivity contribution in [2.24, 2.45) is 5.92 Å². The summed E-state index contributed by atoms with van der Waals surface area (Å²) in [6.45, 7) is 2.75. The molecule has 0 atom stereocenters. The van der Waals surface area contributed by atoms with E-state index in [4.69, 9.17) is 0 Å². The Labute approximate surface area is 104 Å². The van der Waals surface area contributed by atoms with Gasteiger partial charge in [-0.15, -0.1) is 0 Å². The average Bonchev–Trinajstić information content (AvgIpc) is 2.87. The molecule has 4 heteroatoms. The largest absolute Gasteiger partial charge is 0.292 e. The molecule has 0 aliphatic heterocycles. The number of rotatable bonds is 4. The number of hydrogen-bond donors (Lipinski definition) is 0. The molecule has 0 aromatic carbocycles. The fourth-order valence-corrected chi connectivity index (χ4v) is 2.97. The van der Waals surface area contributed by atoms with Crippen LogP contribution in [0.5, 0.6) is 0 Å². The minimum atomic E-state index is 0.234. The van der Waals surface area contributed by atoms with E-state index in [0.29, 0.717) is 12.3 Å². The van der Waals surface area contributed by atoms with Crippen molar-refractivity contribution in [1.82, 2.24) is 9.78 Å². The minimum absolute atomic E-state index is 0.234. The average molecular weight is 285 g/mol. The van der Waals surface area contributed by atoms with Gasteiger partial charge in [-0.2, -0.15) is 5.10 Å². The van der Waals surface area contributed by atoms with Crippen LogP contribution in [0.3, 0.4) is 0 Å². The molecule has 1 saturated carbocycles. The lowest BCUT2D eigenvalue weighted by molar-refractivity contribution is 0.0951. The fraction of sp³-hybridized carbons (Fsp3) is 0.667. The van der Waals surface area contributed by atoms with E-state index in [1.807, 2.05) is 6.92 Å². The van der Waals surface area contributed by atoms with E-state index in [1.165, 1.54) is 25.7 Å². The van der Waals surface area contributed by atoms with Gasteiger partial charge in [0.15, 0.2) is 5.78 Å². The van der Waals surface area contributed by atoms with Crippen molar-refractivity contribution >= 4 is 21.7 Å². The van der Waals surface area contributed by atoms with Gasteiger partial charge < -0.3 is 0 Å². The second kappa shape index (κ2) is 5.13. The van der Waals surface area contributed by atoms with Gasteiger partial charge >= 0.3 is 0 Å². The summed E-state index contributed by atoms with van der Waals surface area (Å²) in [7, 11) is 0. The summed E-state index contributed by atoms with van der Waals surface area (Å²) in [6, 6.07) is 0. The summed E-state index contributed by atoms with van der Waals surface area (Å²) >= 11 is 3.40. The Kier molecular flexibility index (Phi) is 3.79. The van der Waals surface area contributed by atoms with Crippen LogP contribution in [0.15, 0.2) is 10.7 Å². The molecular weight excluding hydrogens is 268 g/mol. The van der Waals surface area contributed by atoms with Crippen molar-refractivity contribution in [2.75, 3.05) is 0 Å². The molecule has 2 rings (SSSR count). The Hall–Kier alpha value is -0.640. The topological polar surface area (TPSA) is 34.9 Å². The number of aryl methyl sites for hydroxylation is 1. The zero-order valence-electron chi connectivity index (χ0n) is 9.58. The van der Waals surface area contributed by atoms with E-state index in [9.17, 15) is 4.79 Å². The van der Waals surface area contributed by atoms with E-state index < -0.39 is 0 Å². The van der Waals surface area contributed by atoms with E-state index >= 15 is 0 Å². The molecule has 1 aliphatic rings. The van der Waals surface area contributed by atoms with Crippen LogP contribution < -0.4 is 0 Å². The summed E-state index contributed by atoms with van der Waals surface area (Å²) in [6.07, 6.45) is 7.39. The van der Waals surface area contributed by atoms with Gasteiger partial charge in [-0.25, -0.2) is 0 Å². The summed E-state index contributed by atoms with van der Waals surface area (Å²) in [5, 5.41) is 4.18. The van der Waals surface area contributed by atoms with Crippen molar-refractivity contribution < 1.29 is 4.79 Å². The molecule has 0 saturated heterocycles. The Balaban J connectivity index is 2.10. The van der Waals surface area contributed by atoms with Gasteiger partial charge in [0.1, 0.15) is 5.69 Å². The van der Waals surface area contributed by atoms with Gasteiger partial charge in [-0.05, 0) is 28.8 Å². The predicted octanol–water partition coefficient (Wildman–Crippen LogP) is 3.43.